The van der Waals surface area contributed by atoms with Crippen molar-refractivity contribution in [3.8, 4) is 0 Å². The second-order valence-corrected chi connectivity index (χ2v) is 4.73. The van der Waals surface area contributed by atoms with Gasteiger partial charge in [-0.25, -0.2) is 0 Å². The van der Waals surface area contributed by atoms with E-state index in [4.69, 9.17) is 5.11 Å². The van der Waals surface area contributed by atoms with Gasteiger partial charge in [-0.1, -0.05) is 19.3 Å². The van der Waals surface area contributed by atoms with Gasteiger partial charge in [0.25, 0.3) is 0 Å². The van der Waals surface area contributed by atoms with Crippen LogP contribution < -0.4 is 0 Å². The van der Waals surface area contributed by atoms with Crippen molar-refractivity contribution in [3.05, 3.63) is 0 Å². The summed E-state index contributed by atoms with van der Waals surface area (Å²) in [6.45, 7) is 0. The van der Waals surface area contributed by atoms with Gasteiger partial charge in [-0.05, 0) is 18.3 Å². The number of ketones is 1. The number of aliphatic carboxylic acids is 1. The summed E-state index contributed by atoms with van der Waals surface area (Å²) in [5.74, 6) is -1.01. The van der Waals surface area contributed by atoms with Crippen LogP contribution in [0.3, 0.4) is 0 Å². The summed E-state index contributed by atoms with van der Waals surface area (Å²) >= 11 is 0. The molecule has 0 heterocycles. The number of hydrogen-bond donors (Lipinski definition) is 1. The van der Waals surface area contributed by atoms with Crippen LogP contribution in [0.1, 0.15) is 44.9 Å². The molecule has 0 aromatic heterocycles. The molecule has 1 spiro atoms. The van der Waals surface area contributed by atoms with Crippen molar-refractivity contribution in [2.24, 2.45) is 11.3 Å². The Hall–Kier alpha value is -0.860. The Bertz CT molecular complexity index is 264. The Kier molecular flexibility index (Phi) is 2.33. The molecule has 2 aliphatic rings. The van der Waals surface area contributed by atoms with Crippen molar-refractivity contribution in [2.75, 3.05) is 0 Å². The number of carbonyl (C=O) groups excluding carboxylic acids is 1. The van der Waals surface area contributed by atoms with E-state index in [1.54, 1.807) is 0 Å². The summed E-state index contributed by atoms with van der Waals surface area (Å²) in [7, 11) is 0. The lowest BCUT2D eigenvalue weighted by molar-refractivity contribution is -0.146. The lowest BCUT2D eigenvalue weighted by Crippen LogP contribution is -2.33. The Morgan fingerprint density at radius 1 is 1.29 bits per heavy atom. The van der Waals surface area contributed by atoms with Gasteiger partial charge >= 0.3 is 5.97 Å². The third-order valence-corrected chi connectivity index (χ3v) is 3.87. The summed E-state index contributed by atoms with van der Waals surface area (Å²) in [5, 5.41) is 9.10. The molecule has 2 fully saturated rings. The van der Waals surface area contributed by atoms with Crippen LogP contribution in [0.2, 0.25) is 0 Å². The number of carbonyl (C=O) groups is 2. The second-order valence-electron chi connectivity index (χ2n) is 4.73. The van der Waals surface area contributed by atoms with Crippen LogP contribution in [0, 0.1) is 11.3 Å². The van der Waals surface area contributed by atoms with Crippen LogP contribution in [-0.4, -0.2) is 16.9 Å². The lowest BCUT2D eigenvalue weighted by Gasteiger charge is -2.36. The number of hydrogen-bond acceptors (Lipinski definition) is 2. The van der Waals surface area contributed by atoms with E-state index >= 15 is 0 Å². The first kappa shape index (κ1) is 9.69. The van der Waals surface area contributed by atoms with Crippen molar-refractivity contribution in [1.29, 1.82) is 0 Å². The molecule has 1 N–H and O–H groups in total. The molecule has 14 heavy (non-hydrogen) atoms. The standard InChI is InChI=1S/C11H16O3/c12-8-6-9(10(13)14)11(7-8)4-2-1-3-5-11/h9H,1-7H2,(H,13,14). The Balaban J connectivity index is 2.21. The first-order valence-electron chi connectivity index (χ1n) is 5.39. The molecular formula is C11H16O3. The summed E-state index contributed by atoms with van der Waals surface area (Å²) in [5.41, 5.74) is -0.166. The van der Waals surface area contributed by atoms with Crippen LogP contribution in [0.15, 0.2) is 0 Å². The lowest BCUT2D eigenvalue weighted by atomic mass is 9.67. The summed E-state index contributed by atoms with van der Waals surface area (Å²) < 4.78 is 0. The van der Waals surface area contributed by atoms with Gasteiger partial charge in [0.2, 0.25) is 0 Å². The molecule has 3 heteroatoms. The van der Waals surface area contributed by atoms with E-state index in [0.717, 1.165) is 25.7 Å². The minimum atomic E-state index is -0.766. The molecule has 1 atom stereocenters. The molecule has 0 aromatic carbocycles. The van der Waals surface area contributed by atoms with Crippen molar-refractivity contribution >= 4 is 11.8 Å². The Morgan fingerprint density at radius 2 is 1.93 bits per heavy atom. The van der Waals surface area contributed by atoms with E-state index in [1.807, 2.05) is 0 Å². The predicted molar refractivity (Wildman–Crippen MR) is 50.9 cm³/mol. The predicted octanol–water partition coefficient (Wildman–Crippen LogP) is 2.00. The molecule has 0 bridgehead atoms. The highest BCUT2D eigenvalue weighted by Gasteiger charge is 2.50. The van der Waals surface area contributed by atoms with Gasteiger partial charge in [-0.3, -0.25) is 9.59 Å². The third-order valence-electron chi connectivity index (χ3n) is 3.87. The minimum absolute atomic E-state index is 0.152. The zero-order valence-electron chi connectivity index (χ0n) is 8.29. The monoisotopic (exact) mass is 196 g/mol. The maximum absolute atomic E-state index is 11.4. The van der Waals surface area contributed by atoms with Crippen LogP contribution in [0.4, 0.5) is 0 Å². The van der Waals surface area contributed by atoms with E-state index in [1.165, 1.54) is 6.42 Å². The Labute approximate surface area is 83.5 Å². The smallest absolute Gasteiger partial charge is 0.307 e. The van der Waals surface area contributed by atoms with Gasteiger partial charge in [-0.15, -0.1) is 0 Å². The van der Waals surface area contributed by atoms with E-state index in [0.29, 0.717) is 6.42 Å². The van der Waals surface area contributed by atoms with Crippen LogP contribution in [0.5, 0.6) is 0 Å². The van der Waals surface area contributed by atoms with Crippen LogP contribution in [-0.2, 0) is 9.59 Å². The van der Waals surface area contributed by atoms with Crippen molar-refractivity contribution in [2.45, 2.75) is 44.9 Å². The molecule has 0 radical (unpaired) electrons. The average Bonchev–Trinajstić information content (AvgIpc) is 2.44. The summed E-state index contributed by atoms with van der Waals surface area (Å²) in [6.07, 6.45) is 6.06. The summed E-state index contributed by atoms with van der Waals surface area (Å²) in [6, 6.07) is 0. The van der Waals surface area contributed by atoms with Crippen molar-refractivity contribution in [3.63, 3.8) is 0 Å². The van der Waals surface area contributed by atoms with Crippen molar-refractivity contribution in [1.82, 2.24) is 0 Å². The molecule has 2 rings (SSSR count). The fourth-order valence-corrected chi connectivity index (χ4v) is 3.16. The first-order valence-corrected chi connectivity index (χ1v) is 5.39. The second kappa shape index (κ2) is 3.37. The van der Waals surface area contributed by atoms with Gasteiger partial charge in [0.1, 0.15) is 5.78 Å². The third kappa shape index (κ3) is 1.45. The van der Waals surface area contributed by atoms with Gasteiger partial charge in [0, 0.05) is 12.8 Å². The highest BCUT2D eigenvalue weighted by Crippen LogP contribution is 2.51. The van der Waals surface area contributed by atoms with E-state index in [9.17, 15) is 9.59 Å². The number of rotatable bonds is 1. The van der Waals surface area contributed by atoms with Gasteiger partial charge < -0.3 is 5.11 Å². The van der Waals surface area contributed by atoms with Gasteiger partial charge in [0.15, 0.2) is 0 Å². The quantitative estimate of drug-likeness (QED) is 0.697. The zero-order valence-corrected chi connectivity index (χ0v) is 8.29. The molecule has 78 valence electrons. The average molecular weight is 196 g/mol. The molecule has 3 nitrogen and oxygen atoms in total. The molecular weight excluding hydrogens is 180 g/mol. The fraction of sp³-hybridized carbons (Fsp3) is 0.818. The topological polar surface area (TPSA) is 54.4 Å². The molecule has 0 aromatic rings. The SMILES string of the molecule is O=C1CC(C(=O)O)C2(CCCCC2)C1. The number of carboxylic acid groups (broad SMARTS) is 1. The first-order chi connectivity index (χ1) is 6.64. The zero-order chi connectivity index (χ0) is 10.2. The summed E-state index contributed by atoms with van der Waals surface area (Å²) in [4.78, 5) is 22.4. The largest absolute Gasteiger partial charge is 0.481 e. The molecule has 2 saturated carbocycles. The minimum Gasteiger partial charge on any atom is -0.481 e. The highest BCUT2D eigenvalue weighted by molar-refractivity contribution is 5.89. The number of Topliss-reactive ketones (excluding diaryl/α,β-unsaturated/α-hetero) is 1. The van der Waals surface area contributed by atoms with Gasteiger partial charge in [0.05, 0.1) is 5.92 Å². The highest BCUT2D eigenvalue weighted by atomic mass is 16.4. The van der Waals surface area contributed by atoms with Crippen LogP contribution >= 0.6 is 0 Å². The maximum atomic E-state index is 11.4. The van der Waals surface area contributed by atoms with Crippen LogP contribution in [0.25, 0.3) is 0 Å². The molecule has 1 unspecified atom stereocenters. The molecule has 0 saturated heterocycles. The van der Waals surface area contributed by atoms with E-state index in [2.05, 4.69) is 0 Å². The van der Waals surface area contributed by atoms with E-state index < -0.39 is 11.9 Å². The molecule has 0 aliphatic heterocycles. The van der Waals surface area contributed by atoms with E-state index in [-0.39, 0.29) is 17.6 Å². The molecule has 2 aliphatic carbocycles. The number of carboxylic acids is 1. The van der Waals surface area contributed by atoms with Gasteiger partial charge in [-0.2, -0.15) is 0 Å². The maximum Gasteiger partial charge on any atom is 0.307 e. The van der Waals surface area contributed by atoms with Crippen molar-refractivity contribution < 1.29 is 14.7 Å². The fourth-order valence-electron chi connectivity index (χ4n) is 3.16. The normalized spacial score (nSPS) is 30.9. The molecule has 0 amide bonds. The Morgan fingerprint density at radius 3 is 2.50 bits per heavy atom.